The van der Waals surface area contributed by atoms with E-state index in [9.17, 15) is 4.79 Å². The number of aliphatic carboxylic acids is 1. The van der Waals surface area contributed by atoms with Gasteiger partial charge in [0.1, 0.15) is 6.10 Å². The van der Waals surface area contributed by atoms with Gasteiger partial charge in [-0.15, -0.1) is 0 Å². The number of rotatable bonds is 11. The number of unbranched alkanes of at least 4 members (excludes halogenated alkanes) is 4. The Balaban J connectivity index is 0. The average Bonchev–Trinajstić information content (AvgIpc) is 2.46. The second-order valence-electron chi connectivity index (χ2n) is 4.95. The van der Waals surface area contributed by atoms with Gasteiger partial charge in [-0.25, -0.2) is 0 Å². The summed E-state index contributed by atoms with van der Waals surface area (Å²) < 4.78 is 0. The largest absolute Gasteiger partial charge is 0.481 e. The van der Waals surface area contributed by atoms with Gasteiger partial charge in [0.15, 0.2) is 0 Å². The lowest BCUT2D eigenvalue weighted by Gasteiger charge is -2.17. The SMILES string of the molecule is CCCCCCCC(=O)O.OC[C@@H](O)C[C@H](O)[C@H](O)CO. The third kappa shape index (κ3) is 17.2. The summed E-state index contributed by atoms with van der Waals surface area (Å²) in [6.07, 6.45) is 2.25. The van der Waals surface area contributed by atoms with Gasteiger partial charge in [-0.2, -0.15) is 0 Å². The van der Waals surface area contributed by atoms with Crippen molar-refractivity contribution in [3.05, 3.63) is 0 Å². The number of aliphatic hydroxyl groups excluding tert-OH is 5. The van der Waals surface area contributed by atoms with Crippen molar-refractivity contribution in [2.45, 2.75) is 70.2 Å². The minimum atomic E-state index is -1.25. The van der Waals surface area contributed by atoms with Gasteiger partial charge in [0, 0.05) is 12.8 Å². The third-order valence-electron chi connectivity index (χ3n) is 2.85. The van der Waals surface area contributed by atoms with E-state index >= 15 is 0 Å². The fourth-order valence-electron chi connectivity index (χ4n) is 1.51. The van der Waals surface area contributed by atoms with Gasteiger partial charge in [0.25, 0.3) is 0 Å². The van der Waals surface area contributed by atoms with Crippen LogP contribution in [0, 0.1) is 0 Å². The maximum atomic E-state index is 10.0. The van der Waals surface area contributed by atoms with Crippen LogP contribution in [0.25, 0.3) is 0 Å². The zero-order chi connectivity index (χ0) is 16.7. The fourth-order valence-corrected chi connectivity index (χ4v) is 1.51. The molecule has 128 valence electrons. The van der Waals surface area contributed by atoms with Crippen LogP contribution in [0.2, 0.25) is 0 Å². The predicted molar refractivity (Wildman–Crippen MR) is 77.8 cm³/mol. The lowest BCUT2D eigenvalue weighted by molar-refractivity contribution is -0.137. The van der Waals surface area contributed by atoms with Crippen LogP contribution < -0.4 is 0 Å². The van der Waals surface area contributed by atoms with Gasteiger partial charge in [-0.3, -0.25) is 4.79 Å². The second kappa shape index (κ2) is 15.7. The smallest absolute Gasteiger partial charge is 0.303 e. The van der Waals surface area contributed by atoms with Crippen molar-refractivity contribution in [2.24, 2.45) is 0 Å². The van der Waals surface area contributed by atoms with E-state index in [1.165, 1.54) is 19.3 Å². The molecule has 0 rings (SSSR count). The van der Waals surface area contributed by atoms with Crippen LogP contribution in [-0.2, 0) is 4.79 Å². The molecule has 3 atom stereocenters. The van der Waals surface area contributed by atoms with E-state index in [4.69, 9.17) is 30.6 Å². The lowest BCUT2D eigenvalue weighted by atomic mass is 10.1. The molecule has 0 bridgehead atoms. The van der Waals surface area contributed by atoms with Crippen molar-refractivity contribution in [2.75, 3.05) is 13.2 Å². The molecule has 0 spiro atoms. The van der Waals surface area contributed by atoms with Gasteiger partial charge >= 0.3 is 5.97 Å². The lowest BCUT2D eigenvalue weighted by Crippen LogP contribution is -2.33. The number of carboxylic acid groups (broad SMARTS) is 1. The predicted octanol–water partition coefficient (Wildman–Crippen LogP) is -0.125. The Labute approximate surface area is 125 Å². The van der Waals surface area contributed by atoms with Crippen molar-refractivity contribution < 1.29 is 35.4 Å². The van der Waals surface area contributed by atoms with E-state index < -0.39 is 37.5 Å². The molecule has 0 radical (unpaired) electrons. The summed E-state index contributed by atoms with van der Waals surface area (Å²) in [5.74, 6) is -0.670. The standard InChI is InChI=1S/C8H16O2.C6H14O5/c1-2-3-4-5-6-7-8(9)10;7-2-4(9)1-5(10)6(11)3-8/h2-7H2,1H3,(H,9,10);4-11H,1-3H2/t;4-,5-,6+/m.0/s1. The minimum Gasteiger partial charge on any atom is -0.481 e. The Kier molecular flexibility index (Phi) is 16.8. The highest BCUT2D eigenvalue weighted by Crippen LogP contribution is 2.04. The summed E-state index contributed by atoms with van der Waals surface area (Å²) in [6, 6.07) is 0. The van der Waals surface area contributed by atoms with Crippen molar-refractivity contribution in [3.8, 4) is 0 Å². The topological polar surface area (TPSA) is 138 Å². The summed E-state index contributed by atoms with van der Waals surface area (Å²) in [7, 11) is 0. The normalized spacial score (nSPS) is 14.8. The molecule has 6 N–H and O–H groups in total. The monoisotopic (exact) mass is 310 g/mol. The molecular formula is C14H30O7. The Morgan fingerprint density at radius 3 is 1.90 bits per heavy atom. The average molecular weight is 310 g/mol. The van der Waals surface area contributed by atoms with Gasteiger partial charge in [-0.05, 0) is 6.42 Å². The van der Waals surface area contributed by atoms with Crippen molar-refractivity contribution in [3.63, 3.8) is 0 Å². The minimum absolute atomic E-state index is 0.141. The van der Waals surface area contributed by atoms with Crippen LogP contribution in [0.15, 0.2) is 0 Å². The Morgan fingerprint density at radius 1 is 0.905 bits per heavy atom. The molecule has 0 aliphatic heterocycles. The van der Waals surface area contributed by atoms with E-state index in [-0.39, 0.29) is 6.42 Å². The first-order valence-corrected chi connectivity index (χ1v) is 7.36. The van der Waals surface area contributed by atoms with Gasteiger partial charge in [0.05, 0.1) is 25.4 Å². The molecule has 0 aromatic heterocycles. The number of carbonyl (C=O) groups is 1. The van der Waals surface area contributed by atoms with E-state index in [1.54, 1.807) is 0 Å². The molecule has 21 heavy (non-hydrogen) atoms. The van der Waals surface area contributed by atoms with Crippen LogP contribution in [0.1, 0.15) is 51.9 Å². The maximum Gasteiger partial charge on any atom is 0.303 e. The van der Waals surface area contributed by atoms with Crippen LogP contribution in [-0.4, -0.2) is 68.1 Å². The Bertz CT molecular complexity index is 235. The second-order valence-corrected chi connectivity index (χ2v) is 4.95. The summed E-state index contributed by atoms with van der Waals surface area (Å²) >= 11 is 0. The first kappa shape index (κ1) is 22.5. The third-order valence-corrected chi connectivity index (χ3v) is 2.85. The maximum absolute atomic E-state index is 10.0. The molecule has 7 heteroatoms. The molecule has 0 amide bonds. The van der Waals surface area contributed by atoms with E-state index in [2.05, 4.69) is 6.92 Å². The van der Waals surface area contributed by atoms with Crippen LogP contribution in [0.3, 0.4) is 0 Å². The number of hydrogen-bond acceptors (Lipinski definition) is 6. The molecule has 0 heterocycles. The quantitative estimate of drug-likeness (QED) is 0.292. The van der Waals surface area contributed by atoms with Crippen molar-refractivity contribution >= 4 is 5.97 Å². The zero-order valence-corrected chi connectivity index (χ0v) is 12.7. The molecule has 7 nitrogen and oxygen atoms in total. The molecule has 0 saturated carbocycles. The molecule has 0 aromatic rings. The fraction of sp³-hybridized carbons (Fsp3) is 0.929. The van der Waals surface area contributed by atoms with E-state index in [1.807, 2.05) is 0 Å². The van der Waals surface area contributed by atoms with Crippen molar-refractivity contribution in [1.29, 1.82) is 0 Å². The summed E-state index contributed by atoms with van der Waals surface area (Å²) in [5.41, 5.74) is 0. The highest BCUT2D eigenvalue weighted by molar-refractivity contribution is 5.66. The summed E-state index contributed by atoms with van der Waals surface area (Å²) in [5, 5.41) is 51.4. The van der Waals surface area contributed by atoms with Crippen molar-refractivity contribution in [1.82, 2.24) is 0 Å². The van der Waals surface area contributed by atoms with E-state index in [0.717, 1.165) is 12.8 Å². The molecule has 0 aliphatic rings. The molecule has 0 aromatic carbocycles. The highest BCUT2D eigenvalue weighted by atomic mass is 16.4. The molecular weight excluding hydrogens is 280 g/mol. The number of aliphatic hydroxyl groups is 5. The Hall–Kier alpha value is -0.730. The molecule has 0 fully saturated rings. The molecule has 0 unspecified atom stereocenters. The number of carboxylic acids is 1. The van der Waals surface area contributed by atoms with Gasteiger partial charge in [-0.1, -0.05) is 32.6 Å². The molecule has 0 aliphatic carbocycles. The first-order valence-electron chi connectivity index (χ1n) is 7.36. The van der Waals surface area contributed by atoms with Crippen LogP contribution in [0.4, 0.5) is 0 Å². The van der Waals surface area contributed by atoms with Gasteiger partial charge < -0.3 is 30.6 Å². The first-order chi connectivity index (χ1) is 9.88. The van der Waals surface area contributed by atoms with E-state index in [0.29, 0.717) is 6.42 Å². The molecule has 0 saturated heterocycles. The van der Waals surface area contributed by atoms with Gasteiger partial charge in [0.2, 0.25) is 0 Å². The van der Waals surface area contributed by atoms with Crippen LogP contribution in [0.5, 0.6) is 0 Å². The highest BCUT2D eigenvalue weighted by Gasteiger charge is 2.18. The number of hydrogen-bond donors (Lipinski definition) is 6. The Morgan fingerprint density at radius 2 is 1.48 bits per heavy atom. The zero-order valence-electron chi connectivity index (χ0n) is 12.7. The summed E-state index contributed by atoms with van der Waals surface area (Å²) in [4.78, 5) is 10.0. The summed E-state index contributed by atoms with van der Waals surface area (Å²) in [6.45, 7) is 1.13. The van der Waals surface area contributed by atoms with Crippen LogP contribution >= 0.6 is 0 Å².